The summed E-state index contributed by atoms with van der Waals surface area (Å²) in [5.74, 6) is 0.185. The van der Waals surface area contributed by atoms with E-state index in [-0.39, 0.29) is 13.2 Å². The maximum atomic E-state index is 11.8. The minimum absolute atomic E-state index is 0. The Bertz CT molecular complexity index is 545. The van der Waals surface area contributed by atoms with E-state index < -0.39 is 0 Å². The molecule has 0 spiro atoms. The first-order chi connectivity index (χ1) is 7.27. The predicted octanol–water partition coefficient (Wildman–Crippen LogP) is 4.08. The Morgan fingerprint density at radius 1 is 1.00 bits per heavy atom. The lowest BCUT2D eigenvalue weighted by Crippen LogP contribution is -2.07. The molecule has 2 aromatic rings. The summed E-state index contributed by atoms with van der Waals surface area (Å²) in [6.45, 7) is 3.97. The van der Waals surface area contributed by atoms with Crippen molar-refractivity contribution in [1.82, 2.24) is 0 Å². The van der Waals surface area contributed by atoms with E-state index in [9.17, 15) is 4.79 Å². The summed E-state index contributed by atoms with van der Waals surface area (Å²) in [7, 11) is 0. The average Bonchev–Trinajstić information content (AvgIpc) is 2.25. The Labute approximate surface area is 95.4 Å². The van der Waals surface area contributed by atoms with Crippen molar-refractivity contribution in [3.63, 3.8) is 0 Å². The summed E-state index contributed by atoms with van der Waals surface area (Å²) < 4.78 is 0. The third kappa shape index (κ3) is 1.28. The van der Waals surface area contributed by atoms with Gasteiger partial charge in [-0.25, -0.2) is 0 Å². The number of allylic oxidation sites excluding steroid dienone is 1. The van der Waals surface area contributed by atoms with Gasteiger partial charge in [0, 0.05) is 12.0 Å². The van der Waals surface area contributed by atoms with E-state index in [0.717, 1.165) is 27.5 Å². The zero-order chi connectivity index (χ0) is 10.4. The Kier molecular flexibility index (Phi) is 2.39. The molecule has 0 aliphatic heterocycles. The number of benzene rings is 2. The van der Waals surface area contributed by atoms with Crippen LogP contribution in [-0.4, -0.2) is 5.78 Å². The number of ketones is 1. The number of Topliss-reactive ketones (excluding diaryl/α,β-unsaturated/α-hetero) is 1. The summed E-state index contributed by atoms with van der Waals surface area (Å²) in [5.41, 5.74) is 2.91. The Morgan fingerprint density at radius 3 is 2.31 bits per heavy atom. The molecular weight excluding hydrogens is 196 g/mol. The molecule has 3 rings (SSSR count). The number of hydrogen-bond donors (Lipinski definition) is 0. The Morgan fingerprint density at radius 2 is 1.62 bits per heavy atom. The van der Waals surface area contributed by atoms with Gasteiger partial charge >= 0.3 is 0 Å². The standard InChI is InChI=1S/C14H10O.CH4/c1-9-8-13(15)12-7-3-5-10-4-2-6-11(9)14(10)12;/h2-7H,1,8H2;1H4. The van der Waals surface area contributed by atoms with Gasteiger partial charge in [-0.15, -0.1) is 0 Å². The van der Waals surface area contributed by atoms with Gasteiger partial charge in [-0.2, -0.15) is 0 Å². The Balaban J connectivity index is 0.000000963. The van der Waals surface area contributed by atoms with Gasteiger partial charge in [-0.05, 0) is 21.9 Å². The molecule has 0 fully saturated rings. The highest BCUT2D eigenvalue weighted by Gasteiger charge is 2.20. The smallest absolute Gasteiger partial charge is 0.167 e. The molecule has 1 aliphatic carbocycles. The van der Waals surface area contributed by atoms with E-state index in [1.54, 1.807) is 0 Å². The molecule has 0 N–H and O–H groups in total. The molecule has 2 aromatic carbocycles. The van der Waals surface area contributed by atoms with Crippen molar-refractivity contribution in [1.29, 1.82) is 0 Å². The maximum absolute atomic E-state index is 11.8. The van der Waals surface area contributed by atoms with E-state index in [0.29, 0.717) is 6.42 Å². The number of carbonyl (C=O) groups is 1. The van der Waals surface area contributed by atoms with Gasteiger partial charge in [-0.1, -0.05) is 50.4 Å². The Hall–Kier alpha value is -1.89. The molecule has 1 nitrogen and oxygen atoms in total. The third-order valence-corrected chi connectivity index (χ3v) is 2.96. The molecule has 0 aromatic heterocycles. The fourth-order valence-electron chi connectivity index (χ4n) is 2.25. The molecule has 0 radical (unpaired) electrons. The van der Waals surface area contributed by atoms with Crippen LogP contribution in [0.5, 0.6) is 0 Å². The summed E-state index contributed by atoms with van der Waals surface area (Å²) >= 11 is 0. The highest BCUT2D eigenvalue weighted by molar-refractivity contribution is 6.18. The minimum atomic E-state index is 0. The molecule has 80 valence electrons. The van der Waals surface area contributed by atoms with Crippen molar-refractivity contribution in [2.24, 2.45) is 0 Å². The van der Waals surface area contributed by atoms with Crippen molar-refractivity contribution < 1.29 is 4.79 Å². The lowest BCUT2D eigenvalue weighted by molar-refractivity contribution is 0.0998. The SMILES string of the molecule is C.C=C1CC(=O)c2cccc3cccc1c23. The molecule has 0 saturated carbocycles. The summed E-state index contributed by atoms with van der Waals surface area (Å²) in [6, 6.07) is 12.0. The molecule has 0 unspecified atom stereocenters. The topological polar surface area (TPSA) is 17.1 Å². The predicted molar refractivity (Wildman–Crippen MR) is 68.7 cm³/mol. The maximum Gasteiger partial charge on any atom is 0.167 e. The van der Waals surface area contributed by atoms with Gasteiger partial charge in [0.1, 0.15) is 0 Å². The van der Waals surface area contributed by atoms with E-state index in [1.807, 2.05) is 36.4 Å². The van der Waals surface area contributed by atoms with Crippen LogP contribution in [0.25, 0.3) is 16.3 Å². The summed E-state index contributed by atoms with van der Waals surface area (Å²) in [6.07, 6.45) is 0.454. The van der Waals surface area contributed by atoms with Gasteiger partial charge in [0.15, 0.2) is 5.78 Å². The highest BCUT2D eigenvalue weighted by Crippen LogP contribution is 2.34. The van der Waals surface area contributed by atoms with Gasteiger partial charge in [0.2, 0.25) is 0 Å². The number of hydrogen-bond acceptors (Lipinski definition) is 1. The lowest BCUT2D eigenvalue weighted by atomic mass is 9.85. The van der Waals surface area contributed by atoms with Crippen molar-refractivity contribution >= 4 is 22.1 Å². The molecule has 0 heterocycles. The van der Waals surface area contributed by atoms with E-state index >= 15 is 0 Å². The molecule has 0 amide bonds. The summed E-state index contributed by atoms with van der Waals surface area (Å²) in [4.78, 5) is 11.8. The van der Waals surface area contributed by atoms with Crippen molar-refractivity contribution in [3.05, 3.63) is 54.1 Å². The van der Waals surface area contributed by atoms with Gasteiger partial charge in [0.25, 0.3) is 0 Å². The molecule has 0 atom stereocenters. The van der Waals surface area contributed by atoms with Gasteiger partial charge in [-0.3, -0.25) is 4.79 Å². The van der Waals surface area contributed by atoms with Crippen molar-refractivity contribution in [2.75, 3.05) is 0 Å². The minimum Gasteiger partial charge on any atom is -0.294 e. The van der Waals surface area contributed by atoms with E-state index in [4.69, 9.17) is 0 Å². The van der Waals surface area contributed by atoms with Crippen LogP contribution in [-0.2, 0) is 0 Å². The average molecular weight is 210 g/mol. The zero-order valence-corrected chi connectivity index (χ0v) is 8.29. The van der Waals surface area contributed by atoms with Crippen LogP contribution < -0.4 is 0 Å². The monoisotopic (exact) mass is 210 g/mol. The second kappa shape index (κ2) is 3.60. The summed E-state index contributed by atoms with van der Waals surface area (Å²) in [5, 5.41) is 2.19. The number of carbonyl (C=O) groups excluding carboxylic acids is 1. The zero-order valence-electron chi connectivity index (χ0n) is 8.29. The highest BCUT2D eigenvalue weighted by atomic mass is 16.1. The third-order valence-electron chi connectivity index (χ3n) is 2.96. The normalized spacial score (nSPS) is 13.8. The molecule has 1 aliphatic rings. The molecule has 1 heteroatoms. The lowest BCUT2D eigenvalue weighted by Gasteiger charge is -2.17. The van der Waals surface area contributed by atoms with Crippen LogP contribution in [0, 0.1) is 0 Å². The molecule has 0 bridgehead atoms. The van der Waals surface area contributed by atoms with E-state index in [2.05, 4.69) is 6.58 Å². The second-order valence-electron chi connectivity index (χ2n) is 3.91. The first kappa shape index (κ1) is 10.6. The second-order valence-corrected chi connectivity index (χ2v) is 3.91. The van der Waals surface area contributed by atoms with Crippen LogP contribution in [0.1, 0.15) is 29.8 Å². The largest absolute Gasteiger partial charge is 0.294 e. The molecule has 16 heavy (non-hydrogen) atoms. The van der Waals surface area contributed by atoms with Gasteiger partial charge < -0.3 is 0 Å². The van der Waals surface area contributed by atoms with Gasteiger partial charge in [0.05, 0.1) is 0 Å². The van der Waals surface area contributed by atoms with Crippen LogP contribution in [0.2, 0.25) is 0 Å². The van der Waals surface area contributed by atoms with Crippen molar-refractivity contribution in [3.8, 4) is 0 Å². The fraction of sp³-hybridized carbons (Fsp3) is 0.133. The quantitative estimate of drug-likeness (QED) is 0.640. The van der Waals surface area contributed by atoms with Crippen LogP contribution in [0.4, 0.5) is 0 Å². The number of rotatable bonds is 0. The molecular formula is C15H14O. The molecule has 0 saturated heterocycles. The van der Waals surface area contributed by atoms with Crippen LogP contribution >= 0.6 is 0 Å². The first-order valence-corrected chi connectivity index (χ1v) is 5.00. The van der Waals surface area contributed by atoms with Crippen molar-refractivity contribution in [2.45, 2.75) is 13.8 Å². The van der Waals surface area contributed by atoms with Crippen LogP contribution in [0.15, 0.2) is 43.0 Å². The fourth-order valence-corrected chi connectivity index (χ4v) is 2.25. The van der Waals surface area contributed by atoms with Crippen LogP contribution in [0.3, 0.4) is 0 Å². The van der Waals surface area contributed by atoms with E-state index in [1.165, 1.54) is 0 Å². The first-order valence-electron chi connectivity index (χ1n) is 5.00.